The number of aryl methyl sites for hydroxylation is 1. The number of fused-ring (bicyclic) bond motifs is 4. The molecule has 0 radical (unpaired) electrons. The Labute approximate surface area is 770 Å². The number of carboxylic acids is 1. The van der Waals surface area contributed by atoms with E-state index in [4.69, 9.17) is 45.8 Å². The van der Waals surface area contributed by atoms with Gasteiger partial charge in [-0.1, -0.05) is 177 Å². The number of rotatable bonds is 40. The fourth-order valence-electron chi connectivity index (χ4n) is 11.4. The lowest BCUT2D eigenvalue weighted by Gasteiger charge is -2.50. The van der Waals surface area contributed by atoms with Gasteiger partial charge >= 0.3 is 5.97 Å². The van der Waals surface area contributed by atoms with Crippen molar-refractivity contribution in [3.63, 3.8) is 0 Å². The molecule has 15 N–H and O–H groups in total. The number of carbonyl (C=O) groups is 9. The zero-order chi connectivity index (χ0) is 99.9. The zero-order valence-electron chi connectivity index (χ0n) is 78.4. The minimum atomic E-state index is -4.25. The molecule has 3 aliphatic heterocycles. The maximum atomic E-state index is 11.6. The van der Waals surface area contributed by atoms with Crippen LogP contribution in [0.25, 0.3) is 10.8 Å². The summed E-state index contributed by atoms with van der Waals surface area (Å²) in [5.41, 5.74) is 7.50. The SMILES string of the molecule is CC(C)C(=O)N(C)CCS(=O)(=O)O.CC(C)C(=O)N(CCS(=O)(=O)O)CC(N)=O.CC(C)C(=O)NCC(CS(=O)(=O)O)c1ccc(Cl)cc1.CC(C)C(=O)NCCCc1cccc2c(S(=O)(=O)O)cccc12.CC(C)C(=O)NCC[N+](C)(C)C.CC(C)C(=O)NCC[N+]12CCN(CC1)CC2.CC(C)C(=O)NCCc1ccc(S(=O)(=O)O)cc1.CC(C)CNCC(O)C(=O)O. The Morgan fingerprint density at radius 2 is 0.946 bits per heavy atom. The van der Waals surface area contributed by atoms with E-state index < -0.39 is 91.7 Å². The highest BCUT2D eigenvalue weighted by molar-refractivity contribution is 7.86. The normalized spacial score (nSPS) is 14.7. The molecule has 2 atom stereocenters. The summed E-state index contributed by atoms with van der Waals surface area (Å²) in [5, 5.41) is 35.9. The number of nitrogens with two attached hydrogens (primary N) is 1. The summed E-state index contributed by atoms with van der Waals surface area (Å²) < 4.78 is 155. The number of likely N-dealkylation sites (N-methyl/N-ethyl adjacent to an activating group) is 1. The van der Waals surface area contributed by atoms with E-state index >= 15 is 0 Å². The van der Waals surface area contributed by atoms with Gasteiger partial charge in [-0.25, -0.2) is 4.79 Å². The molecule has 7 rings (SSSR count). The van der Waals surface area contributed by atoms with Crippen molar-refractivity contribution >= 4 is 126 Å². The maximum absolute atomic E-state index is 11.6. The van der Waals surface area contributed by atoms with Gasteiger partial charge in [0.1, 0.15) is 4.90 Å². The Morgan fingerprint density at radius 3 is 1.36 bits per heavy atom. The number of amides is 8. The van der Waals surface area contributed by atoms with Crippen molar-refractivity contribution in [2.24, 2.45) is 53.1 Å². The molecule has 44 heteroatoms. The van der Waals surface area contributed by atoms with Crippen LogP contribution in [0.2, 0.25) is 5.02 Å². The van der Waals surface area contributed by atoms with Crippen LogP contribution in [0, 0.1) is 47.3 Å². The van der Waals surface area contributed by atoms with E-state index in [0.29, 0.717) is 47.8 Å². The molecule has 3 saturated heterocycles. The van der Waals surface area contributed by atoms with E-state index in [1.807, 2.05) is 81.4 Å². The van der Waals surface area contributed by atoms with Crippen LogP contribution in [0.15, 0.2) is 94.7 Å². The van der Waals surface area contributed by atoms with Crippen molar-refractivity contribution in [2.45, 2.75) is 152 Å². The number of carboxylic acid groups (broad SMARTS) is 1. The number of aliphatic hydroxyl groups is 1. The van der Waals surface area contributed by atoms with E-state index in [0.717, 1.165) is 65.0 Å². The second-order valence-electron chi connectivity index (χ2n) is 34.8. The van der Waals surface area contributed by atoms with Crippen molar-refractivity contribution in [1.82, 2.24) is 46.6 Å². The van der Waals surface area contributed by atoms with Crippen molar-refractivity contribution in [1.29, 1.82) is 0 Å². The Kier molecular flexibility index (Phi) is 57.4. The molecule has 3 heterocycles. The number of carbonyl (C=O) groups excluding carboxylic acids is 8. The van der Waals surface area contributed by atoms with Crippen molar-refractivity contribution in [3.8, 4) is 0 Å². The quantitative estimate of drug-likeness (QED) is 0.0158. The first kappa shape index (κ1) is 123. The number of aliphatic carboxylic acids is 1. The molecule has 0 aliphatic carbocycles. The minimum Gasteiger partial charge on any atom is -0.479 e. The van der Waals surface area contributed by atoms with E-state index in [-0.39, 0.29) is 125 Å². The third-order valence-corrected chi connectivity index (χ3v) is 23.4. The maximum Gasteiger partial charge on any atom is 0.333 e. The van der Waals surface area contributed by atoms with Gasteiger partial charge in [-0.2, -0.15) is 42.1 Å². The highest BCUT2D eigenvalue weighted by Gasteiger charge is 2.38. The van der Waals surface area contributed by atoms with Crippen LogP contribution in [-0.4, -0.2) is 321 Å². The minimum absolute atomic E-state index is 0.00967. The summed E-state index contributed by atoms with van der Waals surface area (Å²) in [4.78, 5) is 105. The molecule has 3 fully saturated rings. The number of aliphatic hydroxyl groups excluding tert-OH is 1. The number of hydrogen-bond donors (Lipinski definition) is 14. The first-order valence-electron chi connectivity index (χ1n) is 42.5. The van der Waals surface area contributed by atoms with Gasteiger partial charge in [0.05, 0.1) is 95.7 Å². The average Bonchev–Trinajstić information content (AvgIpc) is 0.786. The van der Waals surface area contributed by atoms with E-state index in [1.54, 1.807) is 96.1 Å². The number of primary amides is 1. The molecular formula is C85H147ClN12O26S5+2. The van der Waals surface area contributed by atoms with Crippen LogP contribution in [-0.2, 0) is 107 Å². The fourth-order valence-corrected chi connectivity index (χ4v) is 14.5. The first-order chi connectivity index (χ1) is 59.1. The summed E-state index contributed by atoms with van der Waals surface area (Å²) in [6.45, 7) is 42.0. The Balaban J connectivity index is 0. The largest absolute Gasteiger partial charge is 0.479 e. The number of halogens is 1. The predicted molar refractivity (Wildman–Crippen MR) is 498 cm³/mol. The number of benzene rings is 4. The second-order valence-corrected chi connectivity index (χ2v) is 42.7. The monoisotopic (exact) mass is 1950 g/mol. The van der Waals surface area contributed by atoms with Gasteiger partial charge in [0, 0.05) is 124 Å². The zero-order valence-corrected chi connectivity index (χ0v) is 83.3. The van der Waals surface area contributed by atoms with Gasteiger partial charge in [-0.3, -0.25) is 66.0 Å². The molecule has 3 aliphatic rings. The molecule has 4 aromatic rings. The van der Waals surface area contributed by atoms with Crippen molar-refractivity contribution in [3.05, 3.63) is 107 Å². The number of piperazine rings is 3. The van der Waals surface area contributed by atoms with Crippen molar-refractivity contribution < 1.29 is 127 Å². The van der Waals surface area contributed by atoms with Gasteiger partial charge in [0.2, 0.25) is 47.3 Å². The third kappa shape index (κ3) is 58.5. The van der Waals surface area contributed by atoms with E-state index in [1.165, 1.54) is 73.9 Å². The van der Waals surface area contributed by atoms with Crippen LogP contribution in [0.4, 0.5) is 0 Å². The van der Waals surface area contributed by atoms with Gasteiger partial charge in [0.15, 0.2) is 6.10 Å². The Bertz CT molecular complexity index is 4710. The standard InChI is InChI=1S/C17H21NO4S.C13H18ClNO4S.C12H23N3O.C12H17NO4S.C9H20N2O.C8H16N2O5S.C7H15NO4S.C7H15NO3/c1-12(2)17(19)18-11-5-7-13-6-3-9-15-14(13)8-4-10-16(15)23(20,21)22;1-9(2)13(16)15-7-11(8-20(17,18)19)10-3-5-12(14)6-4-10;1-11(2)12(16)13-3-7-15-8-4-14(5-9-15)6-10-15;1-9(2)12(14)13-8-7-10-3-5-11(6-4-10)18(15,16)17;1-8(2)9(12)10-6-7-11(3,4)5;1-6(2)8(12)10(5-7(9)11)3-4-16(13,14)15;1-6(2)7(9)8(3)4-5-13(10,11)12;1-5(2)3-8-4-6(9)7(10)11/h3-4,6,8-10,12H,5,7,11H2,1-2H3,(H,18,19)(H,20,21,22);3-6,9,11H,7-8H2,1-2H3,(H,15,16)(H,17,18,19);11H,3-10H2,1-2H3;3-6,9H,7-8H2,1-2H3,(H,13,14)(H,15,16,17);8H,6-7H2,1-5H3;6H,3-5H2,1-2H3,(H2,9,11)(H,13,14,15);6H,4-5H2,1-3H3,(H,10,11,12);5-6,8-9H,3-4H2,1-2H3,(H,10,11)/p+2. The van der Waals surface area contributed by atoms with Gasteiger partial charge in [0.25, 0.3) is 50.6 Å². The second kappa shape index (κ2) is 60.2. The molecular weight excluding hydrogens is 1800 g/mol. The molecule has 2 bridgehead atoms. The summed E-state index contributed by atoms with van der Waals surface area (Å²) in [7, 11) is -12.8. The molecule has 0 aromatic heterocycles. The number of nitrogens with zero attached hydrogens (tertiary/aromatic N) is 5. The molecule has 129 heavy (non-hydrogen) atoms. The summed E-state index contributed by atoms with van der Waals surface area (Å²) in [6, 6.07) is 22.8. The first-order valence-corrected chi connectivity index (χ1v) is 50.6. The molecule has 738 valence electrons. The lowest BCUT2D eigenvalue weighted by atomic mass is 10.0. The highest BCUT2D eigenvalue weighted by atomic mass is 35.5. The fraction of sp³-hybridized carbons (Fsp3) is 0.635. The number of nitrogens with one attached hydrogen (secondary N) is 6. The van der Waals surface area contributed by atoms with Crippen LogP contribution < -0.4 is 37.6 Å². The molecule has 0 spiro atoms. The topological polar surface area (TPSA) is 574 Å². The number of hydrogen-bond acceptors (Lipinski definition) is 22. The number of quaternary nitrogens is 2. The average molecular weight is 1950 g/mol. The van der Waals surface area contributed by atoms with Crippen LogP contribution in [0.3, 0.4) is 0 Å². The summed E-state index contributed by atoms with van der Waals surface area (Å²) >= 11 is 5.78. The highest BCUT2D eigenvalue weighted by Crippen LogP contribution is 2.27. The van der Waals surface area contributed by atoms with Crippen molar-refractivity contribution in [2.75, 3.05) is 163 Å². The molecule has 4 aromatic carbocycles. The molecule has 8 amide bonds. The van der Waals surface area contributed by atoms with Crippen LogP contribution >= 0.6 is 11.6 Å². The van der Waals surface area contributed by atoms with Gasteiger partial charge < -0.3 is 66.6 Å². The lowest BCUT2D eigenvalue weighted by molar-refractivity contribution is -0.939. The smallest absolute Gasteiger partial charge is 0.333 e. The van der Waals surface area contributed by atoms with E-state index in [2.05, 4.69) is 57.9 Å². The summed E-state index contributed by atoms with van der Waals surface area (Å²) in [6.07, 6.45) is 0.802. The van der Waals surface area contributed by atoms with Gasteiger partial charge in [-0.15, -0.1) is 0 Å². The molecule has 2 unspecified atom stereocenters. The van der Waals surface area contributed by atoms with Crippen LogP contribution in [0.1, 0.15) is 140 Å². The molecule has 38 nitrogen and oxygen atoms in total. The lowest BCUT2D eigenvalue weighted by Crippen LogP contribution is -2.68. The third-order valence-electron chi connectivity index (χ3n) is 19.1. The van der Waals surface area contributed by atoms with E-state index in [9.17, 15) is 89.8 Å². The predicted octanol–water partition coefficient (Wildman–Crippen LogP) is 5.00. The van der Waals surface area contributed by atoms with Gasteiger partial charge in [-0.05, 0) is 84.1 Å². The van der Waals surface area contributed by atoms with Crippen LogP contribution in [0.5, 0.6) is 0 Å². The molecule has 0 saturated carbocycles. The Hall–Kier alpha value is -7.99. The summed E-state index contributed by atoms with van der Waals surface area (Å²) in [5.74, 6) is -4.39. The Morgan fingerprint density at radius 1 is 0.504 bits per heavy atom.